The largest absolute Gasteiger partial charge is 0.508 e. The van der Waals surface area contributed by atoms with E-state index >= 15 is 0 Å². The van der Waals surface area contributed by atoms with Gasteiger partial charge in [0, 0.05) is 16.1 Å². The average molecular weight is 330 g/mol. The minimum absolute atomic E-state index is 0.0503. The maximum Gasteiger partial charge on any atom is 0.256 e. The molecule has 0 saturated heterocycles. The third-order valence-electron chi connectivity index (χ3n) is 2.60. The van der Waals surface area contributed by atoms with Crippen LogP contribution in [0.25, 0.3) is 11.3 Å². The quantitative estimate of drug-likeness (QED) is 0.939. The lowest BCUT2D eigenvalue weighted by Crippen LogP contribution is -2.23. The van der Waals surface area contributed by atoms with Crippen molar-refractivity contribution in [1.82, 2.24) is 4.57 Å². The van der Waals surface area contributed by atoms with Crippen LogP contribution in [-0.2, 0) is 6.54 Å². The van der Waals surface area contributed by atoms with Gasteiger partial charge in [-0.1, -0.05) is 6.07 Å². The van der Waals surface area contributed by atoms with Gasteiger partial charge >= 0.3 is 0 Å². The fourth-order valence-electron chi connectivity index (χ4n) is 1.79. The molecule has 0 radical (unpaired) electrons. The topological polar surface area (TPSA) is 42.2 Å². The summed E-state index contributed by atoms with van der Waals surface area (Å²) in [5, 5.41) is 9.34. The summed E-state index contributed by atoms with van der Waals surface area (Å²) in [4.78, 5) is 11.7. The molecule has 1 heterocycles. The Morgan fingerprint density at radius 3 is 2.63 bits per heavy atom. The first-order valence-electron chi connectivity index (χ1n) is 5.46. The van der Waals surface area contributed by atoms with Crippen molar-refractivity contribution in [1.29, 1.82) is 0 Å². The average Bonchev–Trinajstić information content (AvgIpc) is 2.32. The SMILES string of the molecule is O=c1cccc(-c2ccc(O)cc2Br)n1CC(F)F. The number of hydrogen-bond acceptors (Lipinski definition) is 2. The zero-order valence-corrected chi connectivity index (χ0v) is 11.3. The molecule has 0 aliphatic carbocycles. The molecule has 1 aromatic carbocycles. The van der Waals surface area contributed by atoms with Crippen molar-refractivity contribution >= 4 is 15.9 Å². The van der Waals surface area contributed by atoms with Crippen molar-refractivity contribution in [2.45, 2.75) is 13.0 Å². The van der Waals surface area contributed by atoms with E-state index in [0.29, 0.717) is 15.7 Å². The highest BCUT2D eigenvalue weighted by atomic mass is 79.9. The third-order valence-corrected chi connectivity index (χ3v) is 3.26. The van der Waals surface area contributed by atoms with Gasteiger partial charge in [0.2, 0.25) is 0 Å². The molecule has 2 aromatic rings. The Kier molecular flexibility index (Phi) is 3.99. The van der Waals surface area contributed by atoms with E-state index in [2.05, 4.69) is 15.9 Å². The van der Waals surface area contributed by atoms with Gasteiger partial charge in [-0.15, -0.1) is 0 Å². The second-order valence-corrected chi connectivity index (χ2v) is 4.77. The van der Waals surface area contributed by atoms with Crippen LogP contribution in [-0.4, -0.2) is 16.1 Å². The van der Waals surface area contributed by atoms with Gasteiger partial charge in [-0.2, -0.15) is 0 Å². The number of phenols is 1. The molecule has 0 spiro atoms. The van der Waals surface area contributed by atoms with Gasteiger partial charge in [-0.25, -0.2) is 8.78 Å². The highest BCUT2D eigenvalue weighted by Gasteiger charge is 2.13. The van der Waals surface area contributed by atoms with Crippen LogP contribution in [0.5, 0.6) is 5.75 Å². The summed E-state index contributed by atoms with van der Waals surface area (Å²) < 4.78 is 26.6. The van der Waals surface area contributed by atoms with Crippen LogP contribution < -0.4 is 5.56 Å². The van der Waals surface area contributed by atoms with Crippen molar-refractivity contribution in [3.8, 4) is 17.0 Å². The minimum Gasteiger partial charge on any atom is -0.508 e. The number of halogens is 3. The van der Waals surface area contributed by atoms with Gasteiger partial charge in [0.25, 0.3) is 12.0 Å². The zero-order chi connectivity index (χ0) is 14.0. The monoisotopic (exact) mass is 329 g/mol. The van der Waals surface area contributed by atoms with E-state index in [-0.39, 0.29) is 5.75 Å². The number of phenolic OH excluding ortho intramolecular Hbond substituents is 1. The van der Waals surface area contributed by atoms with E-state index < -0.39 is 18.5 Å². The standard InChI is InChI=1S/C13H10BrF2NO2/c14-10-6-8(18)4-5-9(10)11-2-1-3-13(19)17(11)7-12(15)16/h1-6,12,18H,7H2. The molecule has 0 atom stereocenters. The highest BCUT2D eigenvalue weighted by molar-refractivity contribution is 9.10. The van der Waals surface area contributed by atoms with Crippen LogP contribution in [0.15, 0.2) is 45.7 Å². The van der Waals surface area contributed by atoms with Crippen molar-refractivity contribution in [3.05, 3.63) is 51.2 Å². The molecule has 2 rings (SSSR count). The van der Waals surface area contributed by atoms with E-state index in [1.54, 1.807) is 12.1 Å². The van der Waals surface area contributed by atoms with Crippen molar-refractivity contribution in [3.63, 3.8) is 0 Å². The molecule has 0 unspecified atom stereocenters. The molecule has 0 aliphatic heterocycles. The number of rotatable bonds is 3. The first-order valence-corrected chi connectivity index (χ1v) is 6.25. The summed E-state index contributed by atoms with van der Waals surface area (Å²) in [5.41, 5.74) is 0.452. The Hall–Kier alpha value is -1.69. The number of aromatic hydroxyl groups is 1. The molecule has 0 fully saturated rings. The van der Waals surface area contributed by atoms with Crippen LogP contribution in [0, 0.1) is 0 Å². The molecule has 0 bridgehead atoms. The first-order chi connectivity index (χ1) is 8.99. The lowest BCUT2D eigenvalue weighted by molar-refractivity contribution is 0.126. The zero-order valence-electron chi connectivity index (χ0n) is 9.69. The number of alkyl halides is 2. The summed E-state index contributed by atoms with van der Waals surface area (Å²) >= 11 is 3.25. The normalized spacial score (nSPS) is 10.9. The van der Waals surface area contributed by atoms with Crippen molar-refractivity contribution < 1.29 is 13.9 Å². The maximum absolute atomic E-state index is 12.5. The van der Waals surface area contributed by atoms with E-state index in [9.17, 15) is 18.7 Å². The van der Waals surface area contributed by atoms with Crippen LogP contribution in [0.3, 0.4) is 0 Å². The van der Waals surface area contributed by atoms with Crippen LogP contribution in [0.4, 0.5) is 8.78 Å². The van der Waals surface area contributed by atoms with Gasteiger partial charge in [-0.3, -0.25) is 4.79 Å². The summed E-state index contributed by atoms with van der Waals surface area (Å²) in [6.45, 7) is -0.664. The predicted molar refractivity (Wildman–Crippen MR) is 71.5 cm³/mol. The Labute approximate surface area is 116 Å². The fraction of sp³-hybridized carbons (Fsp3) is 0.154. The molecule has 100 valence electrons. The van der Waals surface area contributed by atoms with Crippen molar-refractivity contribution in [2.75, 3.05) is 0 Å². The molecule has 0 aliphatic rings. The lowest BCUT2D eigenvalue weighted by atomic mass is 10.1. The summed E-state index contributed by atoms with van der Waals surface area (Å²) in [6.07, 6.45) is -2.62. The Morgan fingerprint density at radius 1 is 1.26 bits per heavy atom. The minimum atomic E-state index is -2.62. The maximum atomic E-state index is 12.5. The molecule has 3 nitrogen and oxygen atoms in total. The highest BCUT2D eigenvalue weighted by Crippen LogP contribution is 2.30. The summed E-state index contributed by atoms with van der Waals surface area (Å²) in [7, 11) is 0. The van der Waals surface area contributed by atoms with Gasteiger partial charge in [0.1, 0.15) is 5.75 Å². The number of nitrogens with zero attached hydrogens (tertiary/aromatic N) is 1. The van der Waals surface area contributed by atoms with E-state index in [0.717, 1.165) is 4.57 Å². The molecular formula is C13H10BrF2NO2. The van der Waals surface area contributed by atoms with Gasteiger partial charge in [-0.05, 0) is 40.2 Å². The number of pyridine rings is 1. The molecular weight excluding hydrogens is 320 g/mol. The Balaban J connectivity index is 2.61. The molecule has 19 heavy (non-hydrogen) atoms. The van der Waals surface area contributed by atoms with Crippen LogP contribution in [0.2, 0.25) is 0 Å². The van der Waals surface area contributed by atoms with E-state index in [1.807, 2.05) is 0 Å². The lowest BCUT2D eigenvalue weighted by Gasteiger charge is -2.13. The Bertz CT molecular complexity index is 655. The van der Waals surface area contributed by atoms with Gasteiger partial charge < -0.3 is 9.67 Å². The van der Waals surface area contributed by atoms with E-state index in [4.69, 9.17) is 0 Å². The van der Waals surface area contributed by atoms with Crippen molar-refractivity contribution in [2.24, 2.45) is 0 Å². The molecule has 1 N–H and O–H groups in total. The predicted octanol–water partition coefficient (Wildman–Crippen LogP) is 3.25. The molecule has 6 heteroatoms. The van der Waals surface area contributed by atoms with Crippen LogP contribution >= 0.6 is 15.9 Å². The third kappa shape index (κ3) is 3.01. The second-order valence-electron chi connectivity index (χ2n) is 3.92. The number of benzene rings is 1. The van der Waals surface area contributed by atoms with Gasteiger partial charge in [0.15, 0.2) is 0 Å². The van der Waals surface area contributed by atoms with Crippen LogP contribution in [0.1, 0.15) is 0 Å². The number of hydrogen-bond donors (Lipinski definition) is 1. The molecule has 1 aromatic heterocycles. The summed E-state index contributed by atoms with van der Waals surface area (Å²) in [5.74, 6) is 0.0503. The first kappa shape index (κ1) is 13.7. The smallest absolute Gasteiger partial charge is 0.256 e. The number of aromatic nitrogens is 1. The molecule has 0 amide bonds. The molecule has 0 saturated carbocycles. The second kappa shape index (κ2) is 5.52. The Morgan fingerprint density at radius 2 is 2.00 bits per heavy atom. The van der Waals surface area contributed by atoms with Gasteiger partial charge in [0.05, 0.1) is 12.2 Å². The van der Waals surface area contributed by atoms with E-state index in [1.165, 1.54) is 24.3 Å². The summed E-state index contributed by atoms with van der Waals surface area (Å²) in [6, 6.07) is 8.78. The fourth-order valence-corrected chi connectivity index (χ4v) is 2.36.